The Hall–Kier alpha value is -2.99. The molecule has 0 aliphatic carbocycles. The number of ether oxygens (including phenoxy) is 2. The number of furan rings is 1. The molecule has 0 saturated carbocycles. The van der Waals surface area contributed by atoms with Crippen LogP contribution in [0.2, 0.25) is 0 Å². The first-order chi connectivity index (χ1) is 14.2. The molecule has 3 aromatic rings. The number of hydrogen-bond acceptors (Lipinski definition) is 5. The smallest absolute Gasteiger partial charge is 0.287 e. The summed E-state index contributed by atoms with van der Waals surface area (Å²) in [6.45, 7) is 2.65. The fourth-order valence-corrected chi connectivity index (χ4v) is 3.88. The van der Waals surface area contributed by atoms with Crippen molar-refractivity contribution >= 4 is 16.7 Å². The monoisotopic (exact) mass is 394 g/mol. The number of carbonyl (C=O) groups excluding carboxylic acids is 1. The van der Waals surface area contributed by atoms with Crippen LogP contribution in [0.15, 0.2) is 53.1 Å². The standard InChI is InChI=1S/C23H26N2O4/c1-27-19-8-7-16(21(13-19)28-2)14-25-11-9-18(10-12-25)24-23(26)22-20-6-4-3-5-17(20)15-29-22/h3-8,13,15,18H,9-12,14H2,1-2H3,(H,24,26). The van der Waals surface area contributed by atoms with Crippen LogP contribution in [-0.4, -0.2) is 44.2 Å². The van der Waals surface area contributed by atoms with Gasteiger partial charge in [0.1, 0.15) is 11.5 Å². The molecule has 0 spiro atoms. The molecule has 152 valence electrons. The lowest BCUT2D eigenvalue weighted by atomic mass is 10.0. The predicted octanol–water partition coefficient (Wildman–Crippen LogP) is 3.84. The van der Waals surface area contributed by atoms with Gasteiger partial charge in [0.2, 0.25) is 0 Å². The van der Waals surface area contributed by atoms with Crippen LogP contribution in [0.25, 0.3) is 10.8 Å². The molecule has 1 aliphatic rings. The van der Waals surface area contributed by atoms with Crippen LogP contribution in [0.4, 0.5) is 0 Å². The Bertz CT molecular complexity index is 989. The van der Waals surface area contributed by atoms with Crippen molar-refractivity contribution in [2.75, 3.05) is 27.3 Å². The highest BCUT2D eigenvalue weighted by Gasteiger charge is 2.24. The van der Waals surface area contributed by atoms with Gasteiger partial charge in [0.05, 0.1) is 20.5 Å². The summed E-state index contributed by atoms with van der Waals surface area (Å²) in [6, 6.07) is 13.8. The summed E-state index contributed by atoms with van der Waals surface area (Å²) in [5.41, 5.74) is 1.14. The van der Waals surface area contributed by atoms with Crippen LogP contribution in [0.1, 0.15) is 29.0 Å². The van der Waals surface area contributed by atoms with Gasteiger partial charge < -0.3 is 19.2 Å². The van der Waals surface area contributed by atoms with E-state index in [9.17, 15) is 4.79 Å². The number of benzene rings is 2. The van der Waals surface area contributed by atoms with Crippen LogP contribution in [0.3, 0.4) is 0 Å². The Balaban J connectivity index is 1.33. The maximum atomic E-state index is 12.7. The minimum atomic E-state index is -0.138. The third-order valence-corrected chi connectivity index (χ3v) is 5.53. The van der Waals surface area contributed by atoms with Crippen molar-refractivity contribution in [2.24, 2.45) is 0 Å². The molecule has 29 heavy (non-hydrogen) atoms. The van der Waals surface area contributed by atoms with Crippen molar-refractivity contribution in [1.29, 1.82) is 0 Å². The fourth-order valence-electron chi connectivity index (χ4n) is 3.88. The average molecular weight is 394 g/mol. The molecular formula is C23H26N2O4. The number of piperidine rings is 1. The van der Waals surface area contributed by atoms with E-state index in [1.165, 1.54) is 0 Å². The van der Waals surface area contributed by atoms with E-state index in [1.54, 1.807) is 20.5 Å². The lowest BCUT2D eigenvalue weighted by Gasteiger charge is -2.32. The molecular weight excluding hydrogens is 368 g/mol. The van der Waals surface area contributed by atoms with Gasteiger partial charge in [-0.15, -0.1) is 0 Å². The highest BCUT2D eigenvalue weighted by Crippen LogP contribution is 2.27. The van der Waals surface area contributed by atoms with Gasteiger partial charge in [0.15, 0.2) is 5.76 Å². The van der Waals surface area contributed by atoms with Gasteiger partial charge in [-0.3, -0.25) is 9.69 Å². The Morgan fingerprint density at radius 1 is 1.14 bits per heavy atom. The van der Waals surface area contributed by atoms with E-state index in [1.807, 2.05) is 42.5 Å². The lowest BCUT2D eigenvalue weighted by molar-refractivity contribution is 0.0883. The number of amides is 1. The van der Waals surface area contributed by atoms with Crippen molar-refractivity contribution in [3.05, 3.63) is 60.1 Å². The van der Waals surface area contributed by atoms with Gasteiger partial charge in [-0.05, 0) is 18.9 Å². The molecule has 0 unspecified atom stereocenters. The summed E-state index contributed by atoms with van der Waals surface area (Å²) in [4.78, 5) is 15.0. The first-order valence-corrected chi connectivity index (χ1v) is 9.88. The third-order valence-electron chi connectivity index (χ3n) is 5.53. The maximum absolute atomic E-state index is 12.7. The summed E-state index contributed by atoms with van der Waals surface area (Å²) >= 11 is 0. The summed E-state index contributed by atoms with van der Waals surface area (Å²) in [7, 11) is 3.33. The summed E-state index contributed by atoms with van der Waals surface area (Å²) in [5, 5.41) is 4.94. The molecule has 2 heterocycles. The van der Waals surface area contributed by atoms with Crippen LogP contribution < -0.4 is 14.8 Å². The largest absolute Gasteiger partial charge is 0.497 e. The Morgan fingerprint density at radius 2 is 1.93 bits per heavy atom. The van der Waals surface area contributed by atoms with Gasteiger partial charge in [0.25, 0.3) is 5.91 Å². The van der Waals surface area contributed by atoms with Crippen LogP contribution in [0, 0.1) is 0 Å². The SMILES string of the molecule is COc1ccc(CN2CCC(NC(=O)c3occ4ccccc34)CC2)c(OC)c1. The number of likely N-dealkylation sites (tertiary alicyclic amines) is 1. The van der Waals surface area contributed by atoms with E-state index in [4.69, 9.17) is 13.9 Å². The molecule has 1 fully saturated rings. The Morgan fingerprint density at radius 3 is 2.69 bits per heavy atom. The van der Waals surface area contributed by atoms with Crippen molar-refractivity contribution in [3.63, 3.8) is 0 Å². The third kappa shape index (κ3) is 4.22. The van der Waals surface area contributed by atoms with E-state index >= 15 is 0 Å². The Kier molecular flexibility index (Phi) is 5.71. The predicted molar refractivity (Wildman–Crippen MR) is 112 cm³/mol. The zero-order chi connectivity index (χ0) is 20.2. The van der Waals surface area contributed by atoms with Crippen molar-refractivity contribution in [2.45, 2.75) is 25.4 Å². The number of methoxy groups -OCH3 is 2. The maximum Gasteiger partial charge on any atom is 0.287 e. The van der Waals surface area contributed by atoms with Gasteiger partial charge >= 0.3 is 0 Å². The van der Waals surface area contributed by atoms with Crippen molar-refractivity contribution in [1.82, 2.24) is 10.2 Å². The minimum absolute atomic E-state index is 0.138. The van der Waals surface area contributed by atoms with Gasteiger partial charge in [0, 0.05) is 48.1 Å². The highest BCUT2D eigenvalue weighted by atomic mass is 16.5. The lowest BCUT2D eigenvalue weighted by Crippen LogP contribution is -2.44. The summed E-state index contributed by atoms with van der Waals surface area (Å²) < 4.78 is 16.3. The van der Waals surface area contributed by atoms with E-state index in [0.29, 0.717) is 5.76 Å². The van der Waals surface area contributed by atoms with Gasteiger partial charge in [-0.1, -0.05) is 30.3 Å². The van der Waals surface area contributed by atoms with E-state index < -0.39 is 0 Å². The molecule has 6 nitrogen and oxygen atoms in total. The molecule has 0 radical (unpaired) electrons. The van der Waals surface area contributed by atoms with Gasteiger partial charge in [-0.25, -0.2) is 0 Å². The second kappa shape index (κ2) is 8.57. The molecule has 0 atom stereocenters. The van der Waals surface area contributed by atoms with E-state index in [2.05, 4.69) is 10.2 Å². The molecule has 1 saturated heterocycles. The average Bonchev–Trinajstić information content (AvgIpc) is 3.19. The molecule has 2 aromatic carbocycles. The number of fused-ring (bicyclic) bond motifs is 1. The summed E-state index contributed by atoms with van der Waals surface area (Å²) in [5.74, 6) is 1.88. The van der Waals surface area contributed by atoms with Crippen LogP contribution >= 0.6 is 0 Å². The first-order valence-electron chi connectivity index (χ1n) is 9.88. The quantitative estimate of drug-likeness (QED) is 0.688. The molecule has 4 rings (SSSR count). The number of carbonyl (C=O) groups is 1. The normalized spacial score (nSPS) is 15.4. The molecule has 1 aliphatic heterocycles. The highest BCUT2D eigenvalue weighted by molar-refractivity contribution is 6.04. The van der Waals surface area contributed by atoms with Crippen LogP contribution in [-0.2, 0) is 6.54 Å². The number of hydrogen-bond donors (Lipinski definition) is 1. The Labute approximate surface area is 170 Å². The number of nitrogens with zero attached hydrogens (tertiary/aromatic N) is 1. The van der Waals surface area contributed by atoms with E-state index in [-0.39, 0.29) is 11.9 Å². The topological polar surface area (TPSA) is 63.9 Å². The van der Waals surface area contributed by atoms with Crippen molar-refractivity contribution < 1.29 is 18.7 Å². The molecule has 0 bridgehead atoms. The molecule has 1 N–H and O–H groups in total. The number of rotatable bonds is 6. The zero-order valence-corrected chi connectivity index (χ0v) is 16.8. The molecule has 6 heteroatoms. The number of nitrogens with one attached hydrogen (secondary N) is 1. The first kappa shape index (κ1) is 19.3. The molecule has 1 amide bonds. The van der Waals surface area contributed by atoms with Crippen molar-refractivity contribution in [3.8, 4) is 11.5 Å². The molecule has 1 aromatic heterocycles. The minimum Gasteiger partial charge on any atom is -0.497 e. The zero-order valence-electron chi connectivity index (χ0n) is 16.8. The van der Waals surface area contributed by atoms with Gasteiger partial charge in [-0.2, -0.15) is 0 Å². The van der Waals surface area contributed by atoms with E-state index in [0.717, 1.165) is 60.3 Å². The van der Waals surface area contributed by atoms with Crippen LogP contribution in [0.5, 0.6) is 11.5 Å². The summed E-state index contributed by atoms with van der Waals surface area (Å²) in [6.07, 6.45) is 3.45. The second-order valence-electron chi connectivity index (χ2n) is 7.35. The fraction of sp³-hybridized carbons (Fsp3) is 0.348. The second-order valence-corrected chi connectivity index (χ2v) is 7.35.